The Morgan fingerprint density at radius 2 is 1.93 bits per heavy atom. The fourth-order valence-electron chi connectivity index (χ4n) is 4.69. The van der Waals surface area contributed by atoms with Crippen LogP contribution in [-0.2, 0) is 4.79 Å². The summed E-state index contributed by atoms with van der Waals surface area (Å²) in [6.45, 7) is 2.58. The minimum absolute atomic E-state index is 0.0373. The first-order chi connectivity index (χ1) is 13.7. The van der Waals surface area contributed by atoms with E-state index in [-0.39, 0.29) is 11.9 Å². The largest absolute Gasteiger partial charge is 0.490 e. The predicted molar refractivity (Wildman–Crippen MR) is 105 cm³/mol. The van der Waals surface area contributed by atoms with Crippen molar-refractivity contribution in [2.75, 3.05) is 26.3 Å². The van der Waals surface area contributed by atoms with Crippen molar-refractivity contribution in [3.8, 4) is 17.6 Å². The van der Waals surface area contributed by atoms with Gasteiger partial charge in [0.2, 0.25) is 5.91 Å². The number of nitrogens with one attached hydrogen (secondary N) is 1. The van der Waals surface area contributed by atoms with Gasteiger partial charge in [0, 0.05) is 12.5 Å². The Kier molecular flexibility index (Phi) is 5.72. The molecule has 2 aliphatic heterocycles. The quantitative estimate of drug-likeness (QED) is 0.863. The Balaban J connectivity index is 1.43. The van der Waals surface area contributed by atoms with E-state index in [0.717, 1.165) is 69.4 Å². The van der Waals surface area contributed by atoms with Crippen molar-refractivity contribution >= 4 is 5.91 Å². The highest BCUT2D eigenvalue weighted by atomic mass is 16.5. The average molecular weight is 383 g/mol. The van der Waals surface area contributed by atoms with Gasteiger partial charge < -0.3 is 14.8 Å². The number of benzene rings is 1. The molecule has 1 unspecified atom stereocenters. The van der Waals surface area contributed by atoms with Crippen molar-refractivity contribution in [1.29, 1.82) is 5.26 Å². The fraction of sp³-hybridized carbons (Fsp3) is 0.636. The van der Waals surface area contributed by atoms with E-state index in [9.17, 15) is 10.1 Å². The van der Waals surface area contributed by atoms with Crippen LogP contribution in [0.3, 0.4) is 0 Å². The Morgan fingerprint density at radius 1 is 1.14 bits per heavy atom. The van der Waals surface area contributed by atoms with Crippen LogP contribution in [0.2, 0.25) is 0 Å². The molecular formula is C22H29N3O3. The minimum atomic E-state index is -0.667. The molecule has 1 aromatic carbocycles. The van der Waals surface area contributed by atoms with E-state index in [0.29, 0.717) is 19.8 Å². The van der Waals surface area contributed by atoms with Gasteiger partial charge in [-0.05, 0) is 49.9 Å². The van der Waals surface area contributed by atoms with Gasteiger partial charge in [-0.2, -0.15) is 5.26 Å². The Morgan fingerprint density at radius 3 is 2.71 bits per heavy atom. The van der Waals surface area contributed by atoms with Gasteiger partial charge >= 0.3 is 0 Å². The van der Waals surface area contributed by atoms with Gasteiger partial charge in [0.1, 0.15) is 5.54 Å². The van der Waals surface area contributed by atoms with Gasteiger partial charge in [0.15, 0.2) is 11.5 Å². The predicted octanol–water partition coefficient (Wildman–Crippen LogP) is 3.33. The smallest absolute Gasteiger partial charge is 0.235 e. The van der Waals surface area contributed by atoms with Gasteiger partial charge in [-0.15, -0.1) is 0 Å². The Hall–Kier alpha value is -2.26. The Labute approximate surface area is 166 Å². The van der Waals surface area contributed by atoms with E-state index in [2.05, 4.69) is 28.4 Å². The lowest BCUT2D eigenvalue weighted by Crippen LogP contribution is -2.51. The number of hydrogen-bond donors (Lipinski definition) is 1. The third kappa shape index (κ3) is 4.10. The zero-order valence-corrected chi connectivity index (χ0v) is 16.4. The molecule has 1 aromatic rings. The molecule has 1 aliphatic carbocycles. The summed E-state index contributed by atoms with van der Waals surface area (Å²) < 4.78 is 11.6. The summed E-state index contributed by atoms with van der Waals surface area (Å²) in [5, 5.41) is 12.7. The van der Waals surface area contributed by atoms with Gasteiger partial charge in [0.25, 0.3) is 0 Å². The molecule has 6 heteroatoms. The van der Waals surface area contributed by atoms with Crippen LogP contribution in [0.25, 0.3) is 0 Å². The molecule has 28 heavy (non-hydrogen) atoms. The second-order valence-electron chi connectivity index (χ2n) is 8.19. The number of hydrogen-bond acceptors (Lipinski definition) is 5. The molecule has 6 nitrogen and oxygen atoms in total. The third-order valence-electron chi connectivity index (χ3n) is 6.17. The van der Waals surface area contributed by atoms with Gasteiger partial charge in [0.05, 0.1) is 25.8 Å². The summed E-state index contributed by atoms with van der Waals surface area (Å²) in [6.07, 6.45) is 7.68. The van der Waals surface area contributed by atoms with E-state index < -0.39 is 5.54 Å². The topological polar surface area (TPSA) is 74.6 Å². The summed E-state index contributed by atoms with van der Waals surface area (Å²) >= 11 is 0. The highest BCUT2D eigenvalue weighted by Gasteiger charge is 2.35. The maximum atomic E-state index is 12.7. The van der Waals surface area contributed by atoms with Crippen LogP contribution in [0, 0.1) is 11.3 Å². The van der Waals surface area contributed by atoms with Crippen molar-refractivity contribution < 1.29 is 14.3 Å². The first kappa shape index (κ1) is 19.1. The summed E-state index contributed by atoms with van der Waals surface area (Å²) in [7, 11) is 0. The molecule has 2 heterocycles. The second kappa shape index (κ2) is 8.40. The molecular weight excluding hydrogens is 354 g/mol. The molecule has 1 saturated carbocycles. The highest BCUT2D eigenvalue weighted by Crippen LogP contribution is 2.37. The van der Waals surface area contributed by atoms with Crippen LogP contribution in [0.5, 0.6) is 11.5 Å². The fourth-order valence-corrected chi connectivity index (χ4v) is 4.69. The number of nitriles is 1. The molecule has 3 aliphatic rings. The van der Waals surface area contributed by atoms with Crippen LogP contribution in [0.1, 0.15) is 63.0 Å². The van der Waals surface area contributed by atoms with Crippen LogP contribution >= 0.6 is 0 Å². The number of fused-ring (bicyclic) bond motifs is 1. The molecule has 0 spiro atoms. The number of carbonyl (C=O) groups is 1. The van der Waals surface area contributed by atoms with E-state index >= 15 is 0 Å². The monoisotopic (exact) mass is 383 g/mol. The van der Waals surface area contributed by atoms with E-state index in [4.69, 9.17) is 9.47 Å². The van der Waals surface area contributed by atoms with Crippen molar-refractivity contribution in [2.45, 2.75) is 62.9 Å². The molecule has 1 N–H and O–H groups in total. The van der Waals surface area contributed by atoms with Gasteiger partial charge in [-0.1, -0.05) is 25.3 Å². The molecule has 0 aromatic heterocycles. The molecule has 4 rings (SSSR count). The first-order valence-electron chi connectivity index (χ1n) is 10.5. The van der Waals surface area contributed by atoms with Crippen LogP contribution < -0.4 is 14.8 Å². The molecule has 1 atom stereocenters. The van der Waals surface area contributed by atoms with Crippen LogP contribution in [0.4, 0.5) is 0 Å². The number of carbonyl (C=O) groups excluding carboxylic acids is 1. The minimum Gasteiger partial charge on any atom is -0.490 e. The van der Waals surface area contributed by atoms with E-state index in [1.54, 1.807) is 0 Å². The molecule has 0 radical (unpaired) electrons. The SMILES string of the molecule is N#CC1(NC(=O)CN2CCCC2c2ccc3c(c2)OCCCO3)CCCCC1. The summed E-state index contributed by atoms with van der Waals surface area (Å²) in [4.78, 5) is 15.0. The number of likely N-dealkylation sites (tertiary alicyclic amines) is 1. The van der Waals surface area contributed by atoms with E-state index in [1.165, 1.54) is 5.56 Å². The van der Waals surface area contributed by atoms with Crippen molar-refractivity contribution in [3.63, 3.8) is 0 Å². The number of nitrogens with zero attached hydrogens (tertiary/aromatic N) is 2. The average Bonchev–Trinajstić information content (AvgIpc) is 3.03. The molecule has 1 amide bonds. The standard InChI is InChI=1S/C22H29N3O3/c23-16-22(9-2-1-3-10-22)24-21(26)15-25-11-4-6-18(25)17-7-8-19-20(14-17)28-13-5-12-27-19/h7-8,14,18H,1-6,9-13,15H2,(H,24,26). The lowest BCUT2D eigenvalue weighted by Gasteiger charge is -2.33. The maximum Gasteiger partial charge on any atom is 0.235 e. The van der Waals surface area contributed by atoms with Crippen molar-refractivity contribution in [1.82, 2.24) is 10.2 Å². The van der Waals surface area contributed by atoms with Crippen molar-refractivity contribution in [2.24, 2.45) is 0 Å². The van der Waals surface area contributed by atoms with Crippen LogP contribution in [-0.4, -0.2) is 42.6 Å². The lowest BCUT2D eigenvalue weighted by molar-refractivity contribution is -0.124. The molecule has 0 bridgehead atoms. The zero-order valence-electron chi connectivity index (χ0n) is 16.4. The third-order valence-corrected chi connectivity index (χ3v) is 6.17. The molecule has 2 fully saturated rings. The van der Waals surface area contributed by atoms with Crippen LogP contribution in [0.15, 0.2) is 18.2 Å². The summed E-state index contributed by atoms with van der Waals surface area (Å²) in [5.74, 6) is 1.57. The first-order valence-corrected chi connectivity index (χ1v) is 10.5. The van der Waals surface area contributed by atoms with E-state index in [1.807, 2.05) is 6.07 Å². The number of amides is 1. The van der Waals surface area contributed by atoms with Crippen molar-refractivity contribution in [3.05, 3.63) is 23.8 Å². The normalized spacial score (nSPS) is 24.2. The summed E-state index contributed by atoms with van der Waals surface area (Å²) in [6, 6.07) is 8.72. The van der Waals surface area contributed by atoms with Gasteiger partial charge in [-0.3, -0.25) is 9.69 Å². The number of rotatable bonds is 4. The molecule has 150 valence electrons. The lowest BCUT2D eigenvalue weighted by atomic mass is 9.83. The highest BCUT2D eigenvalue weighted by molar-refractivity contribution is 5.79. The zero-order chi connectivity index (χ0) is 19.4. The second-order valence-corrected chi connectivity index (χ2v) is 8.19. The Bertz CT molecular complexity index is 752. The van der Waals surface area contributed by atoms with Gasteiger partial charge in [-0.25, -0.2) is 0 Å². The maximum absolute atomic E-state index is 12.7. The molecule has 1 saturated heterocycles. The number of ether oxygens (including phenoxy) is 2. The summed E-state index contributed by atoms with van der Waals surface area (Å²) in [5.41, 5.74) is 0.502.